The van der Waals surface area contributed by atoms with Gasteiger partial charge in [0.2, 0.25) is 5.96 Å². The molecule has 82 valence electrons. The summed E-state index contributed by atoms with van der Waals surface area (Å²) in [5, 5.41) is 3.05. The third-order valence-corrected chi connectivity index (χ3v) is 2.37. The molecule has 0 fully saturated rings. The molecule has 0 amide bonds. The van der Waals surface area contributed by atoms with E-state index in [1.54, 1.807) is 11.3 Å². The van der Waals surface area contributed by atoms with Crippen LogP contribution in [0.5, 0.6) is 0 Å². The highest BCUT2D eigenvalue weighted by atomic mass is 32.1. The number of aliphatic imine (C=N–C) groups is 2. The van der Waals surface area contributed by atoms with Crippen LogP contribution in [0.3, 0.4) is 0 Å². The summed E-state index contributed by atoms with van der Waals surface area (Å²) in [4.78, 5) is 11.9. The Morgan fingerprint density at radius 1 is 1.47 bits per heavy atom. The maximum absolute atomic E-state index is 5.43. The molecule has 0 saturated heterocycles. The summed E-state index contributed by atoms with van der Waals surface area (Å²) in [6.07, 6.45) is 0.741. The van der Waals surface area contributed by atoms with Gasteiger partial charge in [-0.2, -0.15) is 4.99 Å². The van der Waals surface area contributed by atoms with E-state index in [4.69, 9.17) is 17.2 Å². The summed E-state index contributed by atoms with van der Waals surface area (Å²) in [6.45, 7) is 2.50. The maximum Gasteiger partial charge on any atom is 0.218 e. The molecule has 0 saturated carbocycles. The van der Waals surface area contributed by atoms with Crippen LogP contribution in [0.2, 0.25) is 0 Å². The van der Waals surface area contributed by atoms with Crippen molar-refractivity contribution in [2.45, 2.75) is 13.3 Å². The molecule has 6 nitrogen and oxygen atoms in total. The SMILES string of the molecule is Cc1nc(CCN=C(N)N=C(N)N)cs1. The quantitative estimate of drug-likeness (QED) is 0.479. The van der Waals surface area contributed by atoms with Gasteiger partial charge in [-0.25, -0.2) is 4.98 Å². The zero-order chi connectivity index (χ0) is 11.3. The normalized spacial score (nSPS) is 11.4. The fraction of sp³-hybridized carbons (Fsp3) is 0.375. The molecule has 0 radical (unpaired) electrons. The summed E-state index contributed by atoms with van der Waals surface area (Å²) in [7, 11) is 0. The first kappa shape index (κ1) is 11.4. The molecule has 0 aliphatic heterocycles. The van der Waals surface area contributed by atoms with Crippen LogP contribution in [0.1, 0.15) is 10.7 Å². The number of thiazole rings is 1. The lowest BCUT2D eigenvalue weighted by molar-refractivity contribution is 0.925. The highest BCUT2D eigenvalue weighted by molar-refractivity contribution is 7.09. The molecule has 0 unspecified atom stereocenters. The second kappa shape index (κ2) is 5.30. The van der Waals surface area contributed by atoms with Crippen LogP contribution < -0.4 is 17.2 Å². The van der Waals surface area contributed by atoms with Crippen molar-refractivity contribution in [2.24, 2.45) is 27.2 Å². The van der Waals surface area contributed by atoms with Crippen molar-refractivity contribution in [2.75, 3.05) is 6.54 Å². The Kier molecular flexibility index (Phi) is 4.04. The van der Waals surface area contributed by atoms with E-state index in [1.807, 2.05) is 12.3 Å². The van der Waals surface area contributed by atoms with Crippen molar-refractivity contribution in [3.05, 3.63) is 16.1 Å². The van der Waals surface area contributed by atoms with Crippen molar-refractivity contribution in [1.29, 1.82) is 0 Å². The Labute approximate surface area is 91.9 Å². The van der Waals surface area contributed by atoms with E-state index in [-0.39, 0.29) is 11.9 Å². The van der Waals surface area contributed by atoms with Crippen LogP contribution in [-0.4, -0.2) is 23.4 Å². The minimum atomic E-state index is -0.0826. The van der Waals surface area contributed by atoms with Crippen LogP contribution in [-0.2, 0) is 6.42 Å². The minimum Gasteiger partial charge on any atom is -0.370 e. The van der Waals surface area contributed by atoms with Gasteiger partial charge in [-0.15, -0.1) is 11.3 Å². The number of rotatable bonds is 3. The fourth-order valence-electron chi connectivity index (χ4n) is 0.976. The first-order valence-electron chi connectivity index (χ1n) is 4.38. The van der Waals surface area contributed by atoms with E-state index in [1.165, 1.54) is 0 Å². The number of aromatic nitrogens is 1. The van der Waals surface area contributed by atoms with Crippen molar-refractivity contribution in [1.82, 2.24) is 4.98 Å². The predicted octanol–water partition coefficient (Wildman–Crippen LogP) is -0.418. The number of guanidine groups is 2. The average Bonchev–Trinajstić information content (AvgIpc) is 2.50. The van der Waals surface area contributed by atoms with E-state index in [9.17, 15) is 0 Å². The van der Waals surface area contributed by atoms with Crippen molar-refractivity contribution in [3.63, 3.8) is 0 Å². The molecular formula is C8H14N6S. The maximum atomic E-state index is 5.43. The summed E-state index contributed by atoms with van der Waals surface area (Å²) in [5.41, 5.74) is 16.7. The van der Waals surface area contributed by atoms with Gasteiger partial charge in [0.25, 0.3) is 0 Å². The number of nitrogens with two attached hydrogens (primary N) is 3. The van der Waals surface area contributed by atoms with Crippen LogP contribution in [0.15, 0.2) is 15.4 Å². The molecule has 0 bridgehead atoms. The van der Waals surface area contributed by atoms with Crippen molar-refractivity contribution < 1.29 is 0 Å². The minimum absolute atomic E-state index is 0.0826. The summed E-state index contributed by atoms with van der Waals surface area (Å²) >= 11 is 1.62. The zero-order valence-corrected chi connectivity index (χ0v) is 9.29. The summed E-state index contributed by atoms with van der Waals surface area (Å²) in [6, 6.07) is 0. The first-order valence-corrected chi connectivity index (χ1v) is 5.26. The van der Waals surface area contributed by atoms with Gasteiger partial charge in [-0.3, -0.25) is 4.99 Å². The monoisotopic (exact) mass is 226 g/mol. The first-order chi connectivity index (χ1) is 7.08. The van der Waals surface area contributed by atoms with Crippen LogP contribution >= 0.6 is 11.3 Å². The topological polar surface area (TPSA) is 116 Å². The number of hydrogen-bond donors (Lipinski definition) is 3. The Bertz CT molecular complexity index is 376. The Morgan fingerprint density at radius 3 is 2.73 bits per heavy atom. The van der Waals surface area contributed by atoms with Gasteiger partial charge in [-0.1, -0.05) is 0 Å². The molecule has 6 N–H and O–H groups in total. The Balaban J connectivity index is 2.42. The average molecular weight is 226 g/mol. The number of hydrogen-bond acceptors (Lipinski definition) is 3. The van der Waals surface area contributed by atoms with E-state index in [0.29, 0.717) is 6.54 Å². The molecule has 1 aromatic rings. The van der Waals surface area contributed by atoms with Gasteiger partial charge in [0.15, 0.2) is 5.96 Å². The molecular weight excluding hydrogens is 212 g/mol. The highest BCUT2D eigenvalue weighted by Crippen LogP contribution is 2.08. The zero-order valence-electron chi connectivity index (χ0n) is 8.47. The van der Waals surface area contributed by atoms with E-state index in [2.05, 4.69) is 15.0 Å². The molecule has 0 spiro atoms. The van der Waals surface area contributed by atoms with Gasteiger partial charge < -0.3 is 17.2 Å². The van der Waals surface area contributed by atoms with Crippen molar-refractivity contribution >= 4 is 23.3 Å². The molecule has 1 heterocycles. The number of aryl methyl sites for hydroxylation is 1. The summed E-state index contributed by atoms with van der Waals surface area (Å²) < 4.78 is 0. The lowest BCUT2D eigenvalue weighted by atomic mass is 10.3. The molecule has 0 atom stereocenters. The van der Waals surface area contributed by atoms with Crippen LogP contribution in [0.4, 0.5) is 0 Å². The molecule has 15 heavy (non-hydrogen) atoms. The van der Waals surface area contributed by atoms with E-state index >= 15 is 0 Å². The second-order valence-corrected chi connectivity index (χ2v) is 3.95. The smallest absolute Gasteiger partial charge is 0.218 e. The van der Waals surface area contributed by atoms with Gasteiger partial charge in [0, 0.05) is 18.3 Å². The van der Waals surface area contributed by atoms with Crippen LogP contribution in [0.25, 0.3) is 0 Å². The van der Waals surface area contributed by atoms with Gasteiger partial charge in [-0.05, 0) is 6.92 Å². The van der Waals surface area contributed by atoms with E-state index < -0.39 is 0 Å². The summed E-state index contributed by atoms with van der Waals surface area (Å²) in [5.74, 6) is 0.0164. The molecule has 7 heteroatoms. The number of nitrogens with zero attached hydrogens (tertiary/aromatic N) is 3. The second-order valence-electron chi connectivity index (χ2n) is 2.88. The largest absolute Gasteiger partial charge is 0.370 e. The third kappa shape index (κ3) is 4.41. The molecule has 0 aliphatic rings. The Hall–Kier alpha value is -1.63. The fourth-order valence-corrected chi connectivity index (χ4v) is 1.62. The predicted molar refractivity (Wildman–Crippen MR) is 62.9 cm³/mol. The lowest BCUT2D eigenvalue weighted by Crippen LogP contribution is -2.26. The lowest BCUT2D eigenvalue weighted by Gasteiger charge is -1.94. The standard InChI is InChI=1S/C8H14N6S/c1-5-13-6(4-15-5)2-3-12-8(11)14-7(9)10/h4H,2-3H2,1H3,(H6,9,10,11,12,14). The molecule has 0 aromatic carbocycles. The van der Waals surface area contributed by atoms with Crippen LogP contribution in [0, 0.1) is 6.92 Å². The van der Waals surface area contributed by atoms with Gasteiger partial charge in [0.05, 0.1) is 10.7 Å². The van der Waals surface area contributed by atoms with Crippen molar-refractivity contribution in [3.8, 4) is 0 Å². The third-order valence-electron chi connectivity index (χ3n) is 1.55. The Morgan fingerprint density at radius 2 is 2.20 bits per heavy atom. The molecule has 1 aromatic heterocycles. The van der Waals surface area contributed by atoms with E-state index in [0.717, 1.165) is 17.1 Å². The highest BCUT2D eigenvalue weighted by Gasteiger charge is 1.97. The van der Waals surface area contributed by atoms with Gasteiger partial charge in [0.1, 0.15) is 0 Å². The van der Waals surface area contributed by atoms with Gasteiger partial charge >= 0.3 is 0 Å². The molecule has 0 aliphatic carbocycles. The molecule has 1 rings (SSSR count).